The average molecular weight is 352 g/mol. The Morgan fingerprint density at radius 1 is 1.15 bits per heavy atom. The molecule has 0 saturated heterocycles. The van der Waals surface area contributed by atoms with Gasteiger partial charge in [-0.1, -0.05) is 19.1 Å². The topological polar surface area (TPSA) is 59.2 Å². The van der Waals surface area contributed by atoms with Gasteiger partial charge in [-0.3, -0.25) is 4.48 Å². The molecule has 0 spiro atoms. The third-order valence-corrected chi connectivity index (χ3v) is 4.92. The van der Waals surface area contributed by atoms with Crippen molar-refractivity contribution in [1.29, 1.82) is 0 Å². The highest BCUT2D eigenvalue weighted by atomic mass is 16.3. The van der Waals surface area contributed by atoms with Crippen molar-refractivity contribution >= 4 is 11.4 Å². The van der Waals surface area contributed by atoms with Crippen molar-refractivity contribution in [2.75, 3.05) is 20.7 Å². The van der Waals surface area contributed by atoms with E-state index in [1.807, 2.05) is 0 Å². The molecular formula is C21H26N3O2+. The Bertz CT molecular complexity index is 869. The molecule has 2 aromatic heterocycles. The second kappa shape index (κ2) is 7.40. The van der Waals surface area contributed by atoms with Crippen LogP contribution in [0.5, 0.6) is 0 Å². The number of pyridine rings is 1. The monoisotopic (exact) mass is 352 g/mol. The van der Waals surface area contributed by atoms with Crippen LogP contribution in [0.25, 0.3) is 11.6 Å². The number of hydrogen-bond donors (Lipinski definition) is 1. The van der Waals surface area contributed by atoms with Gasteiger partial charge in [0.05, 0.1) is 20.3 Å². The third kappa shape index (κ3) is 3.41. The van der Waals surface area contributed by atoms with Crippen LogP contribution in [0.3, 0.4) is 0 Å². The van der Waals surface area contributed by atoms with Crippen LogP contribution in [0, 0.1) is 6.92 Å². The fourth-order valence-electron chi connectivity index (χ4n) is 3.33. The summed E-state index contributed by atoms with van der Waals surface area (Å²) in [4.78, 5) is 9.01. The summed E-state index contributed by atoms with van der Waals surface area (Å²) in [7, 11) is 4.34. The van der Waals surface area contributed by atoms with Gasteiger partial charge in [-0.2, -0.15) is 0 Å². The van der Waals surface area contributed by atoms with E-state index in [1.165, 1.54) is 16.9 Å². The minimum atomic E-state index is 0.167. The van der Waals surface area contributed by atoms with Gasteiger partial charge in [-0.25, -0.2) is 9.97 Å². The number of aliphatic hydroxyl groups is 1. The van der Waals surface area contributed by atoms with Gasteiger partial charge in [0.1, 0.15) is 23.3 Å². The summed E-state index contributed by atoms with van der Waals surface area (Å²) >= 11 is 0. The third-order valence-electron chi connectivity index (χ3n) is 4.92. The van der Waals surface area contributed by atoms with E-state index in [0.29, 0.717) is 16.8 Å². The maximum Gasteiger partial charge on any atom is 0.245 e. The van der Waals surface area contributed by atoms with Crippen LogP contribution in [0.15, 0.2) is 47.2 Å². The molecule has 26 heavy (non-hydrogen) atoms. The Balaban J connectivity index is 2.09. The lowest BCUT2D eigenvalue weighted by atomic mass is 10.1. The van der Waals surface area contributed by atoms with Crippen molar-refractivity contribution in [3.8, 4) is 11.6 Å². The number of aryl methyl sites for hydroxylation is 1. The highest BCUT2D eigenvalue weighted by Crippen LogP contribution is 2.36. The number of benzene rings is 1. The predicted octanol–water partition coefficient (Wildman–Crippen LogP) is 4.04. The largest absolute Gasteiger partial charge is 0.443 e. The van der Waals surface area contributed by atoms with E-state index >= 15 is 0 Å². The van der Waals surface area contributed by atoms with Crippen LogP contribution in [-0.2, 0) is 12.8 Å². The number of nitrogens with zero attached hydrogens (tertiary/aromatic N) is 3. The van der Waals surface area contributed by atoms with Crippen LogP contribution >= 0.6 is 0 Å². The molecule has 0 unspecified atom stereocenters. The van der Waals surface area contributed by atoms with Crippen molar-refractivity contribution in [2.45, 2.75) is 26.7 Å². The normalized spacial score (nSPS) is 11.7. The first-order chi connectivity index (χ1) is 12.5. The van der Waals surface area contributed by atoms with Gasteiger partial charge in [0.15, 0.2) is 0 Å². The average Bonchev–Trinajstić information content (AvgIpc) is 3.17. The van der Waals surface area contributed by atoms with E-state index in [9.17, 15) is 0 Å². The number of aliphatic hydroxyl groups excluding tert-OH is 1. The van der Waals surface area contributed by atoms with Gasteiger partial charge in [-0.15, -0.1) is 0 Å². The van der Waals surface area contributed by atoms with Gasteiger partial charge >= 0.3 is 0 Å². The maximum absolute atomic E-state index is 9.12. The van der Waals surface area contributed by atoms with Gasteiger partial charge in [0.25, 0.3) is 0 Å². The van der Waals surface area contributed by atoms with Crippen molar-refractivity contribution in [3.05, 3.63) is 59.6 Å². The highest BCUT2D eigenvalue weighted by Gasteiger charge is 2.28. The summed E-state index contributed by atoms with van der Waals surface area (Å²) < 4.78 is 6.06. The highest BCUT2D eigenvalue weighted by molar-refractivity contribution is 5.67. The first kappa shape index (κ1) is 18.3. The SMILES string of the molecule is CCc1nc(-c2ncco2)cc([N+](C)(C)c2ccc(CCO)cc2)c1C. The fourth-order valence-corrected chi connectivity index (χ4v) is 3.33. The first-order valence-corrected chi connectivity index (χ1v) is 8.92. The minimum absolute atomic E-state index is 0.167. The second-order valence-corrected chi connectivity index (χ2v) is 6.88. The molecule has 1 N–H and O–H groups in total. The Morgan fingerprint density at radius 3 is 2.46 bits per heavy atom. The molecule has 3 rings (SSSR count). The van der Waals surface area contributed by atoms with Crippen molar-refractivity contribution < 1.29 is 9.52 Å². The van der Waals surface area contributed by atoms with Crippen molar-refractivity contribution in [3.63, 3.8) is 0 Å². The van der Waals surface area contributed by atoms with Crippen LogP contribution in [-0.4, -0.2) is 35.8 Å². The Hall–Kier alpha value is -2.50. The van der Waals surface area contributed by atoms with E-state index in [1.54, 1.807) is 12.5 Å². The minimum Gasteiger partial charge on any atom is -0.443 e. The molecule has 2 heterocycles. The Labute approximate surface area is 154 Å². The second-order valence-electron chi connectivity index (χ2n) is 6.88. The molecule has 0 atom stereocenters. The van der Waals surface area contributed by atoms with E-state index in [4.69, 9.17) is 14.5 Å². The lowest BCUT2D eigenvalue weighted by molar-refractivity contribution is 0.299. The van der Waals surface area contributed by atoms with E-state index in [-0.39, 0.29) is 6.61 Å². The summed E-state index contributed by atoms with van der Waals surface area (Å²) in [5.74, 6) is 0.541. The standard InChI is InChI=1S/C21H26N3O2/c1-5-18-15(2)20(14-19(23-18)21-22-11-13-26-21)24(3,4)17-8-6-16(7-9-17)10-12-25/h6-9,11,13-14,25H,5,10,12H2,1-4H3/q+1. The summed E-state index contributed by atoms with van der Waals surface area (Å²) in [6.07, 6.45) is 4.74. The van der Waals surface area contributed by atoms with Crippen molar-refractivity contribution in [1.82, 2.24) is 14.5 Å². The molecule has 0 amide bonds. The molecule has 0 fully saturated rings. The Kier molecular flexibility index (Phi) is 5.20. The van der Waals surface area contributed by atoms with Crippen molar-refractivity contribution in [2.24, 2.45) is 0 Å². The fraction of sp³-hybridized carbons (Fsp3) is 0.333. The van der Waals surface area contributed by atoms with E-state index in [2.05, 4.69) is 63.3 Å². The van der Waals surface area contributed by atoms with E-state index in [0.717, 1.165) is 23.4 Å². The molecule has 0 aliphatic heterocycles. The molecule has 0 bridgehead atoms. The molecule has 136 valence electrons. The molecule has 0 aliphatic carbocycles. The number of oxazole rings is 1. The molecular weight excluding hydrogens is 326 g/mol. The van der Waals surface area contributed by atoms with Gasteiger partial charge in [0.2, 0.25) is 5.89 Å². The number of hydrogen-bond acceptors (Lipinski definition) is 4. The quantitative estimate of drug-likeness (QED) is 0.680. The molecule has 0 aliphatic rings. The number of rotatable bonds is 6. The van der Waals surface area contributed by atoms with Crippen LogP contribution in [0.2, 0.25) is 0 Å². The smallest absolute Gasteiger partial charge is 0.245 e. The van der Waals surface area contributed by atoms with Crippen LogP contribution < -0.4 is 4.48 Å². The lowest BCUT2D eigenvalue weighted by Crippen LogP contribution is -2.35. The van der Waals surface area contributed by atoms with Gasteiger partial charge in [0, 0.05) is 23.9 Å². The zero-order valence-electron chi connectivity index (χ0n) is 15.9. The molecule has 3 aromatic rings. The summed E-state index contributed by atoms with van der Waals surface area (Å²) in [5.41, 5.74) is 6.47. The zero-order chi connectivity index (χ0) is 18.7. The number of quaternary nitrogens is 1. The first-order valence-electron chi connectivity index (χ1n) is 8.92. The molecule has 0 radical (unpaired) electrons. The number of aromatic nitrogens is 2. The Morgan fingerprint density at radius 2 is 1.88 bits per heavy atom. The lowest BCUT2D eigenvalue weighted by Gasteiger charge is -2.31. The molecule has 1 aromatic carbocycles. The zero-order valence-corrected chi connectivity index (χ0v) is 15.9. The predicted molar refractivity (Wildman–Crippen MR) is 104 cm³/mol. The summed E-state index contributed by atoms with van der Waals surface area (Å²) in [5, 5.41) is 9.12. The van der Waals surface area contributed by atoms with Crippen LogP contribution in [0.1, 0.15) is 23.7 Å². The van der Waals surface area contributed by atoms with Crippen LogP contribution in [0.4, 0.5) is 11.4 Å². The summed E-state index contributed by atoms with van der Waals surface area (Å²) in [6.45, 7) is 4.41. The van der Waals surface area contributed by atoms with E-state index < -0.39 is 0 Å². The molecule has 5 heteroatoms. The maximum atomic E-state index is 9.12. The van der Waals surface area contributed by atoms with Gasteiger partial charge < -0.3 is 9.52 Å². The molecule has 5 nitrogen and oxygen atoms in total. The molecule has 0 saturated carbocycles. The van der Waals surface area contributed by atoms with Gasteiger partial charge in [-0.05, 0) is 37.5 Å². The summed E-state index contributed by atoms with van der Waals surface area (Å²) in [6, 6.07) is 10.5.